The van der Waals surface area contributed by atoms with E-state index in [1.165, 1.54) is 19.2 Å². The molecule has 0 saturated carbocycles. The van der Waals surface area contributed by atoms with Crippen molar-refractivity contribution in [1.29, 1.82) is 0 Å². The zero-order chi connectivity index (χ0) is 16.1. The van der Waals surface area contributed by atoms with Crippen LogP contribution >= 0.6 is 0 Å². The van der Waals surface area contributed by atoms with Gasteiger partial charge in [0, 0.05) is 17.3 Å². The Morgan fingerprint density at radius 2 is 2.00 bits per heavy atom. The van der Waals surface area contributed by atoms with Crippen LogP contribution in [0.5, 0.6) is 11.5 Å². The molecule has 0 saturated heterocycles. The molecule has 6 heteroatoms. The molecule has 6 nitrogen and oxygen atoms in total. The number of phenols is 1. The number of anilines is 1. The minimum atomic E-state index is -0.448. The topological polar surface area (TPSA) is 91.2 Å². The number of phenolic OH excluding ortho intramolecular Hbond substituents is 1. The van der Waals surface area contributed by atoms with Gasteiger partial charge in [-0.3, -0.25) is 4.79 Å². The van der Waals surface area contributed by atoms with Crippen LogP contribution in [0.4, 0.5) is 5.69 Å². The Bertz CT molecular complexity index is 726. The van der Waals surface area contributed by atoms with Crippen LogP contribution < -0.4 is 10.1 Å². The molecule has 0 aliphatic carbocycles. The molecule has 0 spiro atoms. The van der Waals surface area contributed by atoms with Gasteiger partial charge in [0.2, 0.25) is 0 Å². The zero-order valence-corrected chi connectivity index (χ0v) is 12.2. The van der Waals surface area contributed by atoms with Crippen molar-refractivity contribution in [2.24, 2.45) is 5.16 Å². The van der Waals surface area contributed by atoms with Gasteiger partial charge in [0.05, 0.1) is 18.4 Å². The van der Waals surface area contributed by atoms with Crippen molar-refractivity contribution in [3.63, 3.8) is 0 Å². The number of rotatable bonds is 4. The Hall–Kier alpha value is -3.02. The summed E-state index contributed by atoms with van der Waals surface area (Å²) in [7, 11) is 1.48. The predicted octanol–water partition coefficient (Wildman–Crippen LogP) is 2.85. The molecule has 2 rings (SSSR count). The molecule has 0 aliphatic heterocycles. The van der Waals surface area contributed by atoms with Gasteiger partial charge in [0.1, 0.15) is 11.5 Å². The number of hydrogen-bond acceptors (Lipinski definition) is 5. The molecule has 0 radical (unpaired) electrons. The maximum atomic E-state index is 12.2. The SMILES string of the molecule is COc1ccc(C(=O)Nc2cccc(/C(C)=N/O)c2)c(O)c1. The van der Waals surface area contributed by atoms with Crippen molar-refractivity contribution in [3.8, 4) is 11.5 Å². The second-order valence-corrected chi connectivity index (χ2v) is 4.60. The zero-order valence-electron chi connectivity index (χ0n) is 12.2. The van der Waals surface area contributed by atoms with Gasteiger partial charge in [0.25, 0.3) is 5.91 Å². The standard InChI is InChI=1S/C16H16N2O4/c1-10(18-21)11-4-3-5-12(8-11)17-16(20)14-7-6-13(22-2)9-15(14)19/h3-9,19,21H,1-2H3,(H,17,20)/b18-10+. The Morgan fingerprint density at radius 3 is 2.64 bits per heavy atom. The van der Waals surface area contributed by atoms with E-state index in [4.69, 9.17) is 9.94 Å². The molecule has 0 unspecified atom stereocenters. The number of benzene rings is 2. The second-order valence-electron chi connectivity index (χ2n) is 4.60. The fourth-order valence-corrected chi connectivity index (χ4v) is 1.91. The Kier molecular flexibility index (Phi) is 4.63. The van der Waals surface area contributed by atoms with Gasteiger partial charge in [-0.05, 0) is 31.2 Å². The maximum Gasteiger partial charge on any atom is 0.259 e. The Balaban J connectivity index is 2.22. The van der Waals surface area contributed by atoms with Crippen LogP contribution in [-0.4, -0.2) is 29.0 Å². The Labute approximate surface area is 127 Å². The van der Waals surface area contributed by atoms with E-state index in [0.717, 1.165) is 0 Å². The van der Waals surface area contributed by atoms with Crippen LogP contribution in [0.3, 0.4) is 0 Å². The van der Waals surface area contributed by atoms with Crippen molar-refractivity contribution in [2.75, 3.05) is 12.4 Å². The van der Waals surface area contributed by atoms with Crippen molar-refractivity contribution < 1.29 is 19.8 Å². The molecular formula is C16H16N2O4. The van der Waals surface area contributed by atoms with E-state index in [9.17, 15) is 9.90 Å². The number of nitrogens with one attached hydrogen (secondary N) is 1. The third-order valence-corrected chi connectivity index (χ3v) is 3.14. The first-order valence-electron chi connectivity index (χ1n) is 6.52. The quantitative estimate of drug-likeness (QED) is 0.460. The highest BCUT2D eigenvalue weighted by Crippen LogP contribution is 2.24. The van der Waals surface area contributed by atoms with E-state index in [2.05, 4.69) is 10.5 Å². The van der Waals surface area contributed by atoms with E-state index >= 15 is 0 Å². The molecule has 0 aliphatic rings. The lowest BCUT2D eigenvalue weighted by atomic mass is 10.1. The maximum absolute atomic E-state index is 12.2. The van der Waals surface area contributed by atoms with Crippen LogP contribution in [0.1, 0.15) is 22.8 Å². The van der Waals surface area contributed by atoms with Gasteiger partial charge >= 0.3 is 0 Å². The summed E-state index contributed by atoms with van der Waals surface area (Å²) in [5.74, 6) is -0.150. The number of hydrogen-bond donors (Lipinski definition) is 3. The first kappa shape index (κ1) is 15.4. The number of oxime groups is 1. The molecule has 0 bridgehead atoms. The van der Waals surface area contributed by atoms with Gasteiger partial charge in [-0.25, -0.2) is 0 Å². The largest absolute Gasteiger partial charge is 0.507 e. The van der Waals surface area contributed by atoms with Crippen LogP contribution in [0.2, 0.25) is 0 Å². The summed E-state index contributed by atoms with van der Waals surface area (Å²) in [6, 6.07) is 11.3. The molecule has 0 atom stereocenters. The fraction of sp³-hybridized carbons (Fsp3) is 0.125. The lowest BCUT2D eigenvalue weighted by Crippen LogP contribution is -2.12. The molecule has 1 amide bonds. The van der Waals surface area contributed by atoms with Gasteiger partial charge in [-0.15, -0.1) is 0 Å². The number of carbonyl (C=O) groups excluding carboxylic acids is 1. The van der Waals surface area contributed by atoms with Crippen LogP contribution in [0, 0.1) is 0 Å². The molecule has 0 heterocycles. The molecule has 3 N–H and O–H groups in total. The number of amides is 1. The first-order valence-corrected chi connectivity index (χ1v) is 6.52. The van der Waals surface area contributed by atoms with E-state index in [0.29, 0.717) is 22.7 Å². The normalized spacial score (nSPS) is 11.1. The first-order chi connectivity index (χ1) is 10.5. The summed E-state index contributed by atoms with van der Waals surface area (Å²) in [5, 5.41) is 24.4. The molecule has 22 heavy (non-hydrogen) atoms. The second kappa shape index (κ2) is 6.62. The highest BCUT2D eigenvalue weighted by atomic mass is 16.5. The summed E-state index contributed by atoms with van der Waals surface area (Å²) in [6.45, 7) is 1.65. The number of methoxy groups -OCH3 is 1. The highest BCUT2D eigenvalue weighted by molar-refractivity contribution is 6.07. The molecule has 2 aromatic carbocycles. The van der Waals surface area contributed by atoms with Crippen molar-refractivity contribution in [2.45, 2.75) is 6.92 Å². The fourth-order valence-electron chi connectivity index (χ4n) is 1.91. The smallest absolute Gasteiger partial charge is 0.259 e. The summed E-state index contributed by atoms with van der Waals surface area (Å²) in [5.41, 5.74) is 1.78. The summed E-state index contributed by atoms with van der Waals surface area (Å²) < 4.78 is 4.97. The van der Waals surface area contributed by atoms with Crippen molar-refractivity contribution in [3.05, 3.63) is 53.6 Å². The van der Waals surface area contributed by atoms with Crippen LogP contribution in [0.15, 0.2) is 47.6 Å². The van der Waals surface area contributed by atoms with Crippen LogP contribution in [0.25, 0.3) is 0 Å². The predicted molar refractivity (Wildman–Crippen MR) is 83.1 cm³/mol. The molecule has 0 aromatic heterocycles. The number of carbonyl (C=O) groups is 1. The highest BCUT2D eigenvalue weighted by Gasteiger charge is 2.12. The third kappa shape index (κ3) is 3.35. The van der Waals surface area contributed by atoms with Gasteiger partial charge in [-0.2, -0.15) is 0 Å². The van der Waals surface area contributed by atoms with Crippen molar-refractivity contribution in [1.82, 2.24) is 0 Å². The molecular weight excluding hydrogens is 284 g/mol. The third-order valence-electron chi connectivity index (χ3n) is 3.14. The number of aromatic hydroxyl groups is 1. The van der Waals surface area contributed by atoms with E-state index in [1.54, 1.807) is 37.3 Å². The van der Waals surface area contributed by atoms with Crippen LogP contribution in [-0.2, 0) is 0 Å². The average molecular weight is 300 g/mol. The molecule has 2 aromatic rings. The molecule has 0 fully saturated rings. The minimum Gasteiger partial charge on any atom is -0.507 e. The average Bonchev–Trinajstić information content (AvgIpc) is 2.53. The summed E-state index contributed by atoms with van der Waals surface area (Å²) >= 11 is 0. The number of nitrogens with zero attached hydrogens (tertiary/aromatic N) is 1. The molecule has 114 valence electrons. The monoisotopic (exact) mass is 300 g/mol. The lowest BCUT2D eigenvalue weighted by molar-refractivity contribution is 0.102. The lowest BCUT2D eigenvalue weighted by Gasteiger charge is -2.09. The minimum absolute atomic E-state index is 0.138. The summed E-state index contributed by atoms with van der Waals surface area (Å²) in [6.07, 6.45) is 0. The Morgan fingerprint density at radius 1 is 1.23 bits per heavy atom. The van der Waals surface area contributed by atoms with Gasteiger partial charge in [-0.1, -0.05) is 17.3 Å². The summed E-state index contributed by atoms with van der Waals surface area (Å²) in [4.78, 5) is 12.2. The van der Waals surface area contributed by atoms with Crippen molar-refractivity contribution >= 4 is 17.3 Å². The van der Waals surface area contributed by atoms with Gasteiger partial charge < -0.3 is 20.4 Å². The number of ether oxygens (including phenoxy) is 1. The van der Waals surface area contributed by atoms with E-state index in [-0.39, 0.29) is 11.3 Å². The van der Waals surface area contributed by atoms with E-state index in [1.807, 2.05) is 0 Å². The van der Waals surface area contributed by atoms with E-state index < -0.39 is 5.91 Å². The van der Waals surface area contributed by atoms with Gasteiger partial charge in [0.15, 0.2) is 0 Å².